The summed E-state index contributed by atoms with van der Waals surface area (Å²) < 4.78 is 6.07. The van der Waals surface area contributed by atoms with Gasteiger partial charge in [0, 0.05) is 17.8 Å². The van der Waals surface area contributed by atoms with Gasteiger partial charge in [0.05, 0.1) is 17.5 Å². The van der Waals surface area contributed by atoms with Gasteiger partial charge in [-0.2, -0.15) is 0 Å². The lowest BCUT2D eigenvalue weighted by Crippen LogP contribution is -2.42. The van der Waals surface area contributed by atoms with Crippen molar-refractivity contribution >= 4 is 27.6 Å². The molecule has 1 aromatic carbocycles. The van der Waals surface area contributed by atoms with Crippen LogP contribution in [-0.4, -0.2) is 24.2 Å². The fourth-order valence-corrected chi connectivity index (χ4v) is 2.34. The molecule has 92 valence electrons. The van der Waals surface area contributed by atoms with Gasteiger partial charge in [0.1, 0.15) is 5.75 Å². The minimum atomic E-state index is -0.724. The maximum Gasteiger partial charge on any atom is 0.308 e. The van der Waals surface area contributed by atoms with Crippen molar-refractivity contribution in [2.24, 2.45) is 5.92 Å². The molecule has 0 aromatic heterocycles. The highest BCUT2D eigenvalue weighted by molar-refractivity contribution is 9.10. The molecule has 2 atom stereocenters. The monoisotopic (exact) mass is 299 g/mol. The standard InChI is InChI=1S/C12H14BrNO3/c1-17-11-6-7(2-4-9(11)13)14-10-5-3-8(10)12(15)16/h2,4,6,8,10,14H,3,5H2,1H3,(H,15,16). The molecule has 0 spiro atoms. The average Bonchev–Trinajstić information content (AvgIpc) is 2.25. The third-order valence-electron chi connectivity index (χ3n) is 3.09. The van der Waals surface area contributed by atoms with E-state index in [0.29, 0.717) is 0 Å². The number of aliphatic carboxylic acids is 1. The van der Waals surface area contributed by atoms with Gasteiger partial charge in [0.15, 0.2) is 0 Å². The summed E-state index contributed by atoms with van der Waals surface area (Å²) in [7, 11) is 1.60. The zero-order chi connectivity index (χ0) is 12.4. The quantitative estimate of drug-likeness (QED) is 0.897. The SMILES string of the molecule is COc1cc(NC2CCC2C(=O)O)ccc1Br. The molecule has 2 N–H and O–H groups in total. The van der Waals surface area contributed by atoms with E-state index in [0.717, 1.165) is 28.8 Å². The van der Waals surface area contributed by atoms with Gasteiger partial charge in [0.2, 0.25) is 0 Å². The first-order valence-electron chi connectivity index (χ1n) is 5.44. The first kappa shape index (κ1) is 12.2. The predicted octanol–water partition coefficient (Wildman–Crippen LogP) is 2.73. The van der Waals surface area contributed by atoms with Crippen molar-refractivity contribution in [3.05, 3.63) is 22.7 Å². The van der Waals surface area contributed by atoms with Crippen molar-refractivity contribution < 1.29 is 14.6 Å². The second-order valence-electron chi connectivity index (χ2n) is 4.12. The molecule has 0 radical (unpaired) electrons. The Morgan fingerprint density at radius 1 is 1.53 bits per heavy atom. The van der Waals surface area contributed by atoms with E-state index in [2.05, 4.69) is 21.2 Å². The average molecular weight is 300 g/mol. The molecule has 1 saturated carbocycles. The van der Waals surface area contributed by atoms with Crippen molar-refractivity contribution in [2.45, 2.75) is 18.9 Å². The number of benzene rings is 1. The molecule has 5 heteroatoms. The van der Waals surface area contributed by atoms with Crippen LogP contribution in [0.3, 0.4) is 0 Å². The number of ether oxygens (including phenoxy) is 1. The summed E-state index contributed by atoms with van der Waals surface area (Å²) in [5.41, 5.74) is 0.890. The maximum absolute atomic E-state index is 10.9. The number of nitrogens with one attached hydrogen (secondary N) is 1. The molecule has 0 bridgehead atoms. The second-order valence-corrected chi connectivity index (χ2v) is 4.98. The van der Waals surface area contributed by atoms with Crippen LogP contribution in [0.2, 0.25) is 0 Å². The first-order valence-corrected chi connectivity index (χ1v) is 6.24. The molecule has 0 amide bonds. The number of hydrogen-bond acceptors (Lipinski definition) is 3. The van der Waals surface area contributed by atoms with E-state index in [1.165, 1.54) is 0 Å². The summed E-state index contributed by atoms with van der Waals surface area (Å²) in [6.07, 6.45) is 1.65. The highest BCUT2D eigenvalue weighted by atomic mass is 79.9. The zero-order valence-electron chi connectivity index (χ0n) is 9.44. The van der Waals surface area contributed by atoms with Crippen LogP contribution in [0.4, 0.5) is 5.69 Å². The number of rotatable bonds is 4. The van der Waals surface area contributed by atoms with Crippen LogP contribution in [-0.2, 0) is 4.79 Å². The Morgan fingerprint density at radius 3 is 2.82 bits per heavy atom. The van der Waals surface area contributed by atoms with Gasteiger partial charge in [-0.1, -0.05) is 0 Å². The Balaban J connectivity index is 2.06. The normalized spacial score (nSPS) is 22.7. The van der Waals surface area contributed by atoms with Crippen LogP contribution in [0, 0.1) is 5.92 Å². The molecule has 4 nitrogen and oxygen atoms in total. The number of halogens is 1. The van der Waals surface area contributed by atoms with E-state index in [-0.39, 0.29) is 12.0 Å². The topological polar surface area (TPSA) is 58.6 Å². The molecule has 1 aliphatic rings. The van der Waals surface area contributed by atoms with Crippen LogP contribution in [0.1, 0.15) is 12.8 Å². The molecular formula is C12H14BrNO3. The lowest BCUT2D eigenvalue weighted by atomic mass is 9.79. The van der Waals surface area contributed by atoms with Crippen molar-refractivity contribution in [1.29, 1.82) is 0 Å². The Labute approximate surface area is 108 Å². The summed E-state index contributed by atoms with van der Waals surface area (Å²) in [4.78, 5) is 10.9. The molecule has 1 fully saturated rings. The zero-order valence-corrected chi connectivity index (χ0v) is 11.0. The number of methoxy groups -OCH3 is 1. The van der Waals surface area contributed by atoms with E-state index in [1.54, 1.807) is 7.11 Å². The molecule has 0 heterocycles. The Hall–Kier alpha value is -1.23. The van der Waals surface area contributed by atoms with E-state index in [9.17, 15) is 4.79 Å². The summed E-state index contributed by atoms with van der Waals surface area (Å²) in [5.74, 6) is -0.260. The van der Waals surface area contributed by atoms with Gasteiger partial charge in [-0.05, 0) is 40.9 Å². The fourth-order valence-electron chi connectivity index (χ4n) is 1.93. The lowest BCUT2D eigenvalue weighted by molar-refractivity contribution is -0.144. The minimum absolute atomic E-state index is 0.0263. The molecule has 17 heavy (non-hydrogen) atoms. The predicted molar refractivity (Wildman–Crippen MR) is 68.5 cm³/mol. The van der Waals surface area contributed by atoms with Crippen LogP contribution < -0.4 is 10.1 Å². The van der Waals surface area contributed by atoms with E-state index in [4.69, 9.17) is 9.84 Å². The molecule has 1 aliphatic carbocycles. The number of carboxylic acids is 1. The van der Waals surface area contributed by atoms with Crippen molar-refractivity contribution in [3.8, 4) is 5.75 Å². The van der Waals surface area contributed by atoms with Crippen LogP contribution in [0.15, 0.2) is 22.7 Å². The van der Waals surface area contributed by atoms with E-state index in [1.807, 2.05) is 18.2 Å². The van der Waals surface area contributed by atoms with Crippen molar-refractivity contribution in [2.75, 3.05) is 12.4 Å². The largest absolute Gasteiger partial charge is 0.495 e. The molecule has 0 aliphatic heterocycles. The van der Waals surface area contributed by atoms with Crippen LogP contribution in [0.5, 0.6) is 5.75 Å². The van der Waals surface area contributed by atoms with E-state index >= 15 is 0 Å². The number of hydrogen-bond donors (Lipinski definition) is 2. The molecule has 2 rings (SSSR count). The summed E-state index contributed by atoms with van der Waals surface area (Å²) >= 11 is 3.38. The fraction of sp³-hybridized carbons (Fsp3) is 0.417. The third-order valence-corrected chi connectivity index (χ3v) is 3.75. The number of anilines is 1. The second kappa shape index (κ2) is 4.96. The molecule has 2 unspecified atom stereocenters. The lowest BCUT2D eigenvalue weighted by Gasteiger charge is -2.34. The van der Waals surface area contributed by atoms with Gasteiger partial charge < -0.3 is 15.2 Å². The summed E-state index contributed by atoms with van der Waals surface area (Å²) in [6, 6.07) is 5.68. The van der Waals surface area contributed by atoms with E-state index < -0.39 is 5.97 Å². The van der Waals surface area contributed by atoms with Crippen molar-refractivity contribution in [3.63, 3.8) is 0 Å². The third kappa shape index (κ3) is 2.54. The Kier molecular flexibility index (Phi) is 3.57. The molecule has 1 aromatic rings. The van der Waals surface area contributed by atoms with Gasteiger partial charge >= 0.3 is 5.97 Å². The van der Waals surface area contributed by atoms with Gasteiger partial charge in [-0.15, -0.1) is 0 Å². The first-order chi connectivity index (χ1) is 8.11. The van der Waals surface area contributed by atoms with Gasteiger partial charge in [-0.3, -0.25) is 4.79 Å². The number of carboxylic acid groups (broad SMARTS) is 1. The Bertz CT molecular complexity index is 436. The highest BCUT2D eigenvalue weighted by Crippen LogP contribution is 2.33. The highest BCUT2D eigenvalue weighted by Gasteiger charge is 2.36. The van der Waals surface area contributed by atoms with Crippen LogP contribution >= 0.6 is 15.9 Å². The number of carbonyl (C=O) groups is 1. The van der Waals surface area contributed by atoms with Crippen LogP contribution in [0.25, 0.3) is 0 Å². The minimum Gasteiger partial charge on any atom is -0.495 e. The maximum atomic E-state index is 10.9. The summed E-state index contributed by atoms with van der Waals surface area (Å²) in [5, 5.41) is 12.2. The smallest absolute Gasteiger partial charge is 0.308 e. The summed E-state index contributed by atoms with van der Waals surface area (Å²) in [6.45, 7) is 0. The van der Waals surface area contributed by atoms with Gasteiger partial charge in [-0.25, -0.2) is 0 Å². The Morgan fingerprint density at radius 2 is 2.29 bits per heavy atom. The molecular weight excluding hydrogens is 286 g/mol. The molecule has 0 saturated heterocycles. The van der Waals surface area contributed by atoms with Crippen molar-refractivity contribution in [1.82, 2.24) is 0 Å². The van der Waals surface area contributed by atoms with Gasteiger partial charge in [0.25, 0.3) is 0 Å².